The van der Waals surface area contributed by atoms with Crippen molar-refractivity contribution in [1.82, 2.24) is 4.90 Å². The summed E-state index contributed by atoms with van der Waals surface area (Å²) >= 11 is 0. The van der Waals surface area contributed by atoms with Gasteiger partial charge in [0, 0.05) is 13.1 Å². The molecule has 3 nitrogen and oxygen atoms in total. The lowest BCUT2D eigenvalue weighted by Gasteiger charge is -2.24. The minimum Gasteiger partial charge on any atom is -0.342 e. The summed E-state index contributed by atoms with van der Waals surface area (Å²) in [5.41, 5.74) is 7.12. The molecule has 0 heterocycles. The Morgan fingerprint density at radius 2 is 1.94 bits per heavy atom. The zero-order valence-electron chi connectivity index (χ0n) is 11.4. The van der Waals surface area contributed by atoms with E-state index in [4.69, 9.17) is 5.73 Å². The fourth-order valence-corrected chi connectivity index (χ4v) is 1.96. The average molecular weight is 248 g/mol. The van der Waals surface area contributed by atoms with E-state index in [2.05, 4.69) is 6.92 Å². The van der Waals surface area contributed by atoms with Gasteiger partial charge in [-0.15, -0.1) is 0 Å². The quantitative estimate of drug-likeness (QED) is 0.804. The van der Waals surface area contributed by atoms with Gasteiger partial charge in [0.1, 0.15) is 0 Å². The normalized spacial score (nSPS) is 12.2. The predicted octanol–water partition coefficient (Wildman–Crippen LogP) is 2.21. The molecule has 0 fully saturated rings. The van der Waals surface area contributed by atoms with Crippen molar-refractivity contribution < 1.29 is 4.79 Å². The van der Waals surface area contributed by atoms with Gasteiger partial charge in [0.2, 0.25) is 5.91 Å². The molecule has 0 saturated carbocycles. The molecule has 0 aromatic heterocycles. The maximum absolute atomic E-state index is 12.2. The van der Waals surface area contributed by atoms with Crippen LogP contribution in [0.1, 0.15) is 32.3 Å². The molecule has 0 aliphatic rings. The smallest absolute Gasteiger partial charge is 0.239 e. The summed E-state index contributed by atoms with van der Waals surface area (Å²) in [6, 6.07) is 9.51. The number of hydrogen-bond donors (Lipinski definition) is 1. The molecule has 0 bridgehead atoms. The third-order valence-electron chi connectivity index (χ3n) is 3.09. The molecule has 0 aliphatic carbocycles. The molecule has 1 aromatic rings. The third-order valence-corrected chi connectivity index (χ3v) is 3.09. The van der Waals surface area contributed by atoms with Gasteiger partial charge in [0.15, 0.2) is 0 Å². The Labute approximate surface area is 110 Å². The lowest BCUT2D eigenvalue weighted by Crippen LogP contribution is -2.45. The van der Waals surface area contributed by atoms with E-state index in [1.54, 1.807) is 0 Å². The Hall–Kier alpha value is -1.35. The molecule has 0 aliphatic heterocycles. The van der Waals surface area contributed by atoms with Gasteiger partial charge in [0.25, 0.3) is 0 Å². The largest absolute Gasteiger partial charge is 0.342 e. The van der Waals surface area contributed by atoms with Crippen molar-refractivity contribution in [2.75, 3.05) is 13.1 Å². The SMILES string of the molecule is CCCCN(CC)C(=O)[C@@H](N)Cc1ccccc1. The highest BCUT2D eigenvalue weighted by Gasteiger charge is 2.19. The lowest BCUT2D eigenvalue weighted by atomic mass is 10.1. The van der Waals surface area contributed by atoms with E-state index in [9.17, 15) is 4.79 Å². The van der Waals surface area contributed by atoms with E-state index in [-0.39, 0.29) is 5.91 Å². The van der Waals surface area contributed by atoms with Crippen LogP contribution < -0.4 is 5.73 Å². The molecule has 3 heteroatoms. The van der Waals surface area contributed by atoms with Crippen LogP contribution in [0.5, 0.6) is 0 Å². The monoisotopic (exact) mass is 248 g/mol. The maximum atomic E-state index is 12.2. The van der Waals surface area contributed by atoms with Gasteiger partial charge in [-0.1, -0.05) is 43.7 Å². The second kappa shape index (κ2) is 7.88. The molecule has 1 amide bonds. The molecule has 1 aromatic carbocycles. The summed E-state index contributed by atoms with van der Waals surface area (Å²) in [6.45, 7) is 5.68. The van der Waals surface area contributed by atoms with Gasteiger partial charge in [-0.05, 0) is 25.3 Å². The Morgan fingerprint density at radius 3 is 2.50 bits per heavy atom. The summed E-state index contributed by atoms with van der Waals surface area (Å²) in [6.07, 6.45) is 2.75. The maximum Gasteiger partial charge on any atom is 0.239 e. The second-order valence-corrected chi connectivity index (χ2v) is 4.57. The molecular formula is C15H24N2O. The van der Waals surface area contributed by atoms with Crippen molar-refractivity contribution in [2.24, 2.45) is 5.73 Å². The van der Waals surface area contributed by atoms with Crippen LogP contribution in [0.15, 0.2) is 30.3 Å². The van der Waals surface area contributed by atoms with Crippen LogP contribution in [0.3, 0.4) is 0 Å². The van der Waals surface area contributed by atoms with E-state index in [1.807, 2.05) is 42.2 Å². The van der Waals surface area contributed by atoms with Crippen molar-refractivity contribution >= 4 is 5.91 Å². The number of carbonyl (C=O) groups excluding carboxylic acids is 1. The van der Waals surface area contributed by atoms with Gasteiger partial charge >= 0.3 is 0 Å². The van der Waals surface area contributed by atoms with Crippen LogP contribution in [-0.4, -0.2) is 29.9 Å². The fraction of sp³-hybridized carbons (Fsp3) is 0.533. The highest BCUT2D eigenvalue weighted by molar-refractivity contribution is 5.81. The van der Waals surface area contributed by atoms with Crippen LogP contribution in [0.25, 0.3) is 0 Å². The van der Waals surface area contributed by atoms with Crippen LogP contribution in [0.2, 0.25) is 0 Å². The first-order chi connectivity index (χ1) is 8.69. The van der Waals surface area contributed by atoms with E-state index >= 15 is 0 Å². The van der Waals surface area contributed by atoms with Crippen LogP contribution in [0.4, 0.5) is 0 Å². The molecule has 2 N–H and O–H groups in total. The minimum atomic E-state index is -0.427. The number of likely N-dealkylation sites (N-methyl/N-ethyl adjacent to an activating group) is 1. The number of nitrogens with zero attached hydrogens (tertiary/aromatic N) is 1. The first-order valence-corrected chi connectivity index (χ1v) is 6.77. The summed E-state index contributed by atoms with van der Waals surface area (Å²) in [7, 11) is 0. The second-order valence-electron chi connectivity index (χ2n) is 4.57. The zero-order chi connectivity index (χ0) is 13.4. The van der Waals surface area contributed by atoms with E-state index in [1.165, 1.54) is 0 Å². The summed E-state index contributed by atoms with van der Waals surface area (Å²) in [4.78, 5) is 14.0. The summed E-state index contributed by atoms with van der Waals surface area (Å²) in [5, 5.41) is 0. The van der Waals surface area contributed by atoms with Crippen molar-refractivity contribution in [3.05, 3.63) is 35.9 Å². The molecule has 0 unspecified atom stereocenters. The zero-order valence-corrected chi connectivity index (χ0v) is 11.4. The number of benzene rings is 1. The Bertz CT molecular complexity index is 351. The lowest BCUT2D eigenvalue weighted by molar-refractivity contribution is -0.132. The van der Waals surface area contributed by atoms with Crippen LogP contribution in [-0.2, 0) is 11.2 Å². The summed E-state index contributed by atoms with van der Waals surface area (Å²) in [5.74, 6) is 0.0646. The Balaban J connectivity index is 2.54. The molecule has 18 heavy (non-hydrogen) atoms. The van der Waals surface area contributed by atoms with Gasteiger partial charge in [-0.25, -0.2) is 0 Å². The Kier molecular flexibility index (Phi) is 6.44. The predicted molar refractivity (Wildman–Crippen MR) is 75.3 cm³/mol. The standard InChI is InChI=1S/C15H24N2O/c1-3-5-11-17(4-2)15(18)14(16)12-13-9-7-6-8-10-13/h6-10,14H,3-5,11-12,16H2,1-2H3/t14-/m0/s1. The van der Waals surface area contributed by atoms with E-state index in [0.29, 0.717) is 6.42 Å². The number of rotatable bonds is 7. The average Bonchev–Trinajstić information content (AvgIpc) is 2.40. The molecular weight excluding hydrogens is 224 g/mol. The topological polar surface area (TPSA) is 46.3 Å². The van der Waals surface area contributed by atoms with Gasteiger partial charge in [-0.3, -0.25) is 4.79 Å². The first kappa shape index (κ1) is 14.7. The van der Waals surface area contributed by atoms with Crippen molar-refractivity contribution in [1.29, 1.82) is 0 Å². The van der Waals surface area contributed by atoms with Gasteiger partial charge in [-0.2, -0.15) is 0 Å². The Morgan fingerprint density at radius 1 is 1.28 bits per heavy atom. The summed E-state index contributed by atoms with van der Waals surface area (Å²) < 4.78 is 0. The molecule has 0 radical (unpaired) electrons. The highest BCUT2D eigenvalue weighted by atomic mass is 16.2. The van der Waals surface area contributed by atoms with E-state index < -0.39 is 6.04 Å². The molecule has 0 saturated heterocycles. The number of unbranched alkanes of at least 4 members (excludes halogenated alkanes) is 1. The number of hydrogen-bond acceptors (Lipinski definition) is 2. The first-order valence-electron chi connectivity index (χ1n) is 6.77. The van der Waals surface area contributed by atoms with Crippen molar-refractivity contribution in [3.63, 3.8) is 0 Å². The number of nitrogens with two attached hydrogens (primary N) is 1. The molecule has 100 valence electrons. The third kappa shape index (κ3) is 4.49. The molecule has 1 atom stereocenters. The molecule has 0 spiro atoms. The van der Waals surface area contributed by atoms with Crippen LogP contribution >= 0.6 is 0 Å². The molecule has 1 rings (SSSR count). The van der Waals surface area contributed by atoms with Gasteiger partial charge in [0.05, 0.1) is 6.04 Å². The minimum absolute atomic E-state index is 0.0646. The van der Waals surface area contributed by atoms with Gasteiger partial charge < -0.3 is 10.6 Å². The van der Waals surface area contributed by atoms with E-state index in [0.717, 1.165) is 31.5 Å². The van der Waals surface area contributed by atoms with Crippen molar-refractivity contribution in [2.45, 2.75) is 39.2 Å². The highest BCUT2D eigenvalue weighted by Crippen LogP contribution is 2.05. The number of amides is 1. The number of carbonyl (C=O) groups is 1. The van der Waals surface area contributed by atoms with Crippen LogP contribution in [0, 0.1) is 0 Å². The fourth-order valence-electron chi connectivity index (χ4n) is 1.96. The van der Waals surface area contributed by atoms with Crippen molar-refractivity contribution in [3.8, 4) is 0 Å².